The first kappa shape index (κ1) is 9.20. The monoisotopic (exact) mass is 188 g/mol. The van der Waals surface area contributed by atoms with E-state index in [9.17, 15) is 4.39 Å². The zero-order valence-corrected chi connectivity index (χ0v) is 8.20. The van der Waals surface area contributed by atoms with E-state index >= 15 is 0 Å². The Balaban J connectivity index is 2.40. The van der Waals surface area contributed by atoms with E-state index in [0.29, 0.717) is 6.42 Å². The van der Waals surface area contributed by atoms with Gasteiger partial charge >= 0.3 is 0 Å². The van der Waals surface area contributed by atoms with E-state index in [2.05, 4.69) is 0 Å². The molecule has 1 heteroatoms. The molecule has 0 spiro atoms. The molecule has 0 nitrogen and oxygen atoms in total. The predicted molar refractivity (Wildman–Crippen MR) is 57.8 cm³/mol. The zero-order chi connectivity index (χ0) is 9.97. The highest BCUT2D eigenvalue weighted by molar-refractivity contribution is 5.77. The molecule has 1 aromatic rings. The van der Waals surface area contributed by atoms with Crippen LogP contribution < -0.4 is 0 Å². The van der Waals surface area contributed by atoms with Crippen LogP contribution in [0.1, 0.15) is 17.5 Å². The Hall–Kier alpha value is -1.37. The van der Waals surface area contributed by atoms with Gasteiger partial charge in [-0.05, 0) is 29.7 Å². The molecule has 1 aliphatic carbocycles. The molecule has 0 aliphatic heterocycles. The van der Waals surface area contributed by atoms with E-state index in [0.717, 1.165) is 11.1 Å². The molecule has 0 amide bonds. The van der Waals surface area contributed by atoms with Crippen LogP contribution in [0.2, 0.25) is 0 Å². The molecule has 0 fully saturated rings. The third kappa shape index (κ3) is 1.77. The van der Waals surface area contributed by atoms with Gasteiger partial charge in [0.05, 0.1) is 0 Å². The second kappa shape index (κ2) is 3.79. The summed E-state index contributed by atoms with van der Waals surface area (Å²) in [6.07, 6.45) is 5.28. The molecule has 0 radical (unpaired) electrons. The van der Waals surface area contributed by atoms with Crippen LogP contribution in [0, 0.1) is 6.92 Å². The van der Waals surface area contributed by atoms with E-state index in [1.54, 1.807) is 6.08 Å². The lowest BCUT2D eigenvalue weighted by Crippen LogP contribution is -1.99. The highest BCUT2D eigenvalue weighted by Gasteiger charge is 2.09. The van der Waals surface area contributed by atoms with Crippen molar-refractivity contribution in [1.29, 1.82) is 0 Å². The van der Waals surface area contributed by atoms with Gasteiger partial charge in [0.15, 0.2) is 0 Å². The summed E-state index contributed by atoms with van der Waals surface area (Å²) in [6, 6.07) is 8.06. The fraction of sp³-hybridized carbons (Fsp3) is 0.231. The minimum absolute atomic E-state index is 0.509. The van der Waals surface area contributed by atoms with Crippen molar-refractivity contribution >= 4 is 5.57 Å². The summed E-state index contributed by atoms with van der Waals surface area (Å²) in [6.45, 7) is 2.05. The zero-order valence-electron chi connectivity index (χ0n) is 8.20. The predicted octanol–water partition coefficient (Wildman–Crippen LogP) is 3.68. The van der Waals surface area contributed by atoms with Crippen LogP contribution in [0.15, 0.2) is 42.5 Å². The molecule has 72 valence electrons. The molecule has 0 heterocycles. The van der Waals surface area contributed by atoms with Crippen LogP contribution in [-0.4, -0.2) is 6.17 Å². The number of rotatable bonds is 1. The summed E-state index contributed by atoms with van der Waals surface area (Å²) < 4.78 is 13.1. The number of benzene rings is 1. The SMILES string of the molecule is Cc1ccccc1C1=CC(F)CC=C1. The number of halogens is 1. The van der Waals surface area contributed by atoms with Crippen molar-refractivity contribution in [3.63, 3.8) is 0 Å². The molecule has 1 atom stereocenters. The van der Waals surface area contributed by atoms with Crippen LogP contribution in [0.25, 0.3) is 5.57 Å². The average molecular weight is 188 g/mol. The number of hydrogen-bond acceptors (Lipinski definition) is 0. The normalized spacial score (nSPS) is 20.7. The van der Waals surface area contributed by atoms with Crippen LogP contribution >= 0.6 is 0 Å². The van der Waals surface area contributed by atoms with E-state index in [1.165, 1.54) is 5.56 Å². The van der Waals surface area contributed by atoms with Crippen LogP contribution in [0.4, 0.5) is 4.39 Å². The summed E-state index contributed by atoms with van der Waals surface area (Å²) in [5.41, 5.74) is 3.32. The highest BCUT2D eigenvalue weighted by atomic mass is 19.1. The molecule has 0 N–H and O–H groups in total. The second-order valence-corrected chi connectivity index (χ2v) is 3.59. The van der Waals surface area contributed by atoms with Gasteiger partial charge in [-0.15, -0.1) is 0 Å². The Bertz CT molecular complexity index is 388. The Labute approximate surface area is 83.8 Å². The number of hydrogen-bond donors (Lipinski definition) is 0. The lowest BCUT2D eigenvalue weighted by molar-refractivity contribution is 0.403. The number of aryl methyl sites for hydroxylation is 1. The van der Waals surface area contributed by atoms with Crippen molar-refractivity contribution in [2.45, 2.75) is 19.5 Å². The van der Waals surface area contributed by atoms with E-state index in [4.69, 9.17) is 0 Å². The van der Waals surface area contributed by atoms with Crippen molar-refractivity contribution in [1.82, 2.24) is 0 Å². The van der Waals surface area contributed by atoms with Crippen LogP contribution in [-0.2, 0) is 0 Å². The van der Waals surface area contributed by atoms with Gasteiger partial charge in [-0.3, -0.25) is 0 Å². The van der Waals surface area contributed by atoms with Gasteiger partial charge in [0.2, 0.25) is 0 Å². The van der Waals surface area contributed by atoms with Gasteiger partial charge in [-0.25, -0.2) is 4.39 Å². The number of alkyl halides is 1. The summed E-state index contributed by atoms with van der Waals surface area (Å²) in [5, 5.41) is 0. The molecular weight excluding hydrogens is 175 g/mol. The van der Waals surface area contributed by atoms with E-state index < -0.39 is 6.17 Å². The van der Waals surface area contributed by atoms with Gasteiger partial charge in [0.1, 0.15) is 6.17 Å². The maximum atomic E-state index is 13.1. The third-order valence-corrected chi connectivity index (χ3v) is 2.48. The minimum atomic E-state index is -0.824. The third-order valence-electron chi connectivity index (χ3n) is 2.48. The van der Waals surface area contributed by atoms with Crippen molar-refractivity contribution in [3.8, 4) is 0 Å². The average Bonchev–Trinajstić information content (AvgIpc) is 2.18. The van der Waals surface area contributed by atoms with Crippen molar-refractivity contribution in [2.24, 2.45) is 0 Å². The van der Waals surface area contributed by atoms with Gasteiger partial charge in [0.25, 0.3) is 0 Å². The lowest BCUT2D eigenvalue weighted by atomic mass is 9.95. The van der Waals surface area contributed by atoms with E-state index in [1.807, 2.05) is 43.3 Å². The van der Waals surface area contributed by atoms with Gasteiger partial charge < -0.3 is 0 Å². The van der Waals surface area contributed by atoms with Gasteiger partial charge in [-0.1, -0.05) is 36.4 Å². The van der Waals surface area contributed by atoms with Gasteiger partial charge in [-0.2, -0.15) is 0 Å². The Morgan fingerprint density at radius 2 is 2.07 bits per heavy atom. The molecular formula is C13H13F. The fourth-order valence-electron chi connectivity index (χ4n) is 1.72. The summed E-state index contributed by atoms with van der Waals surface area (Å²) >= 11 is 0. The fourth-order valence-corrected chi connectivity index (χ4v) is 1.72. The van der Waals surface area contributed by atoms with Crippen molar-refractivity contribution in [3.05, 3.63) is 53.6 Å². The van der Waals surface area contributed by atoms with Gasteiger partial charge in [0, 0.05) is 6.42 Å². The first-order valence-electron chi connectivity index (χ1n) is 4.86. The molecule has 0 saturated carbocycles. The first-order valence-corrected chi connectivity index (χ1v) is 4.86. The molecule has 1 aliphatic rings. The largest absolute Gasteiger partial charge is 0.243 e. The molecule has 2 rings (SSSR count). The maximum absolute atomic E-state index is 13.1. The van der Waals surface area contributed by atoms with Crippen molar-refractivity contribution < 1.29 is 4.39 Å². The lowest BCUT2D eigenvalue weighted by Gasteiger charge is -2.12. The quantitative estimate of drug-likeness (QED) is 0.630. The molecule has 14 heavy (non-hydrogen) atoms. The summed E-state index contributed by atoms with van der Waals surface area (Å²) in [7, 11) is 0. The molecule has 0 aromatic heterocycles. The number of allylic oxidation sites excluding steroid dienone is 4. The first-order chi connectivity index (χ1) is 6.77. The summed E-state index contributed by atoms with van der Waals surface area (Å²) in [5.74, 6) is 0. The highest BCUT2D eigenvalue weighted by Crippen LogP contribution is 2.25. The van der Waals surface area contributed by atoms with Crippen LogP contribution in [0.5, 0.6) is 0 Å². The summed E-state index contributed by atoms with van der Waals surface area (Å²) in [4.78, 5) is 0. The maximum Gasteiger partial charge on any atom is 0.123 e. The molecule has 0 bridgehead atoms. The smallest absolute Gasteiger partial charge is 0.123 e. The Kier molecular flexibility index (Phi) is 2.49. The second-order valence-electron chi connectivity index (χ2n) is 3.59. The molecule has 1 aromatic carbocycles. The topological polar surface area (TPSA) is 0 Å². The Morgan fingerprint density at radius 1 is 1.29 bits per heavy atom. The minimum Gasteiger partial charge on any atom is -0.243 e. The van der Waals surface area contributed by atoms with E-state index in [-0.39, 0.29) is 0 Å². The van der Waals surface area contributed by atoms with Crippen molar-refractivity contribution in [2.75, 3.05) is 0 Å². The van der Waals surface area contributed by atoms with Crippen LogP contribution in [0.3, 0.4) is 0 Å². The standard InChI is InChI=1S/C13H13F/c1-10-5-2-3-8-13(10)11-6-4-7-12(14)9-11/h2-6,8-9,12H,7H2,1H3. The molecule has 0 saturated heterocycles. The molecule has 1 unspecified atom stereocenters. The Morgan fingerprint density at radius 3 is 2.79 bits per heavy atom.